The summed E-state index contributed by atoms with van der Waals surface area (Å²) in [6, 6.07) is 8.61. The van der Waals surface area contributed by atoms with E-state index in [1.165, 1.54) is 28.8 Å². The van der Waals surface area contributed by atoms with Gasteiger partial charge in [-0.15, -0.1) is 0 Å². The number of aromatic nitrogens is 2. The molecule has 1 aromatic heterocycles. The molecule has 0 saturated heterocycles. The first kappa shape index (κ1) is 21.5. The summed E-state index contributed by atoms with van der Waals surface area (Å²) in [5, 5.41) is 7.78. The average molecular weight is 507 g/mol. The number of nitrogens with one attached hydrogen (secondary N) is 2. The number of hydrogen-bond acceptors (Lipinski definition) is 5. The van der Waals surface area contributed by atoms with Gasteiger partial charge in [-0.2, -0.15) is 0 Å². The van der Waals surface area contributed by atoms with Crippen molar-refractivity contribution in [2.24, 2.45) is 11.1 Å². The van der Waals surface area contributed by atoms with Gasteiger partial charge >= 0.3 is 11.1 Å². The number of H-pyrrole nitrogens is 1. The fourth-order valence-corrected chi connectivity index (χ4v) is 5.07. The van der Waals surface area contributed by atoms with Gasteiger partial charge in [0.1, 0.15) is 0 Å². The van der Waals surface area contributed by atoms with Gasteiger partial charge in [0.2, 0.25) is 15.9 Å². The number of carbonyl (C=O) groups excluding carboxylic acids is 1. The van der Waals surface area contributed by atoms with Crippen LogP contribution in [0.15, 0.2) is 55.4 Å². The Balaban J connectivity index is 1.67. The fraction of sp³-hybridized carbons (Fsp3) is 0.250. The SMILES string of the molecule is C[C@H]1Cc2cc(Br)cc3[nH]c(=O)c(=O)n(c23)[C@@H]1CC(=O)Nc1ccc(S(N)(=O)=O)cc1. The van der Waals surface area contributed by atoms with E-state index < -0.39 is 27.2 Å². The normalized spacial score (nSPS) is 18.2. The highest BCUT2D eigenvalue weighted by Crippen LogP contribution is 2.35. The van der Waals surface area contributed by atoms with Crippen LogP contribution in [0.25, 0.3) is 11.0 Å². The predicted molar refractivity (Wildman–Crippen MR) is 119 cm³/mol. The van der Waals surface area contributed by atoms with Crippen molar-refractivity contribution in [3.63, 3.8) is 0 Å². The van der Waals surface area contributed by atoms with Crippen molar-refractivity contribution in [3.8, 4) is 0 Å². The summed E-state index contributed by atoms with van der Waals surface area (Å²) in [4.78, 5) is 40.2. The molecule has 4 rings (SSSR count). The number of hydrogen-bond donors (Lipinski definition) is 3. The van der Waals surface area contributed by atoms with Crippen molar-refractivity contribution >= 4 is 48.6 Å². The van der Waals surface area contributed by atoms with Gasteiger partial charge in [-0.3, -0.25) is 19.0 Å². The van der Waals surface area contributed by atoms with Crippen molar-refractivity contribution in [2.75, 3.05) is 5.32 Å². The zero-order valence-corrected chi connectivity index (χ0v) is 18.8. The Morgan fingerprint density at radius 3 is 2.58 bits per heavy atom. The van der Waals surface area contributed by atoms with Crippen LogP contribution in [0.5, 0.6) is 0 Å². The van der Waals surface area contributed by atoms with Gasteiger partial charge in [-0.1, -0.05) is 22.9 Å². The number of carbonyl (C=O) groups is 1. The number of aromatic amines is 1. The van der Waals surface area contributed by atoms with Crippen LogP contribution in [-0.4, -0.2) is 23.9 Å². The van der Waals surface area contributed by atoms with Crippen LogP contribution < -0.4 is 21.6 Å². The lowest BCUT2D eigenvalue weighted by Crippen LogP contribution is -2.43. The molecule has 1 aliphatic rings. The standard InChI is InChI=1S/C20H19BrN4O5S/c1-10-6-11-7-12(21)8-15-18(11)25(20(28)19(27)24-15)16(10)9-17(26)23-13-2-4-14(5-3-13)31(22,29)30/h2-5,7-8,10,16H,6,9H2,1H3,(H,23,26)(H,24,27)(H2,22,29,30)/t10-,16+/m0/s1. The number of rotatable bonds is 4. The number of amides is 1. The molecule has 0 spiro atoms. The maximum Gasteiger partial charge on any atom is 0.317 e. The molecule has 0 unspecified atom stereocenters. The highest BCUT2D eigenvalue weighted by Gasteiger charge is 2.31. The lowest BCUT2D eigenvalue weighted by Gasteiger charge is -2.32. The molecule has 2 heterocycles. The molecular formula is C20H19BrN4O5S. The van der Waals surface area contributed by atoms with Gasteiger partial charge in [-0.05, 0) is 54.3 Å². The number of anilines is 1. The topological polar surface area (TPSA) is 144 Å². The molecule has 0 aliphatic carbocycles. The molecule has 3 aromatic rings. The second-order valence-electron chi connectivity index (χ2n) is 7.66. The zero-order valence-electron chi connectivity index (χ0n) is 16.4. The van der Waals surface area contributed by atoms with E-state index in [-0.39, 0.29) is 23.1 Å². The molecule has 9 nitrogen and oxygen atoms in total. The number of nitrogens with zero attached hydrogens (tertiary/aromatic N) is 1. The van der Waals surface area contributed by atoms with Gasteiger partial charge in [0.25, 0.3) is 0 Å². The number of sulfonamides is 1. The first-order valence-electron chi connectivity index (χ1n) is 9.44. The molecule has 162 valence electrons. The van der Waals surface area contributed by atoms with E-state index in [4.69, 9.17) is 5.14 Å². The number of halogens is 1. The molecule has 4 N–H and O–H groups in total. The summed E-state index contributed by atoms with van der Waals surface area (Å²) in [5.74, 6) is -0.430. The van der Waals surface area contributed by atoms with Gasteiger partial charge in [0.15, 0.2) is 0 Å². The first-order valence-corrected chi connectivity index (χ1v) is 11.8. The van der Waals surface area contributed by atoms with Crippen molar-refractivity contribution in [3.05, 3.63) is 67.1 Å². The summed E-state index contributed by atoms with van der Waals surface area (Å²) in [6.45, 7) is 1.93. The summed E-state index contributed by atoms with van der Waals surface area (Å²) in [7, 11) is -3.83. The van der Waals surface area contributed by atoms with E-state index in [9.17, 15) is 22.8 Å². The first-order chi connectivity index (χ1) is 14.5. The minimum atomic E-state index is -3.83. The Bertz CT molecular complexity index is 1430. The largest absolute Gasteiger partial charge is 0.326 e. The molecular weight excluding hydrogens is 488 g/mol. The van der Waals surface area contributed by atoms with Crippen LogP contribution >= 0.6 is 15.9 Å². The Hall–Kier alpha value is -2.76. The minimum Gasteiger partial charge on any atom is -0.326 e. The third-order valence-electron chi connectivity index (χ3n) is 5.45. The molecule has 11 heteroatoms. The maximum atomic E-state index is 12.7. The predicted octanol–water partition coefficient (Wildman–Crippen LogP) is 1.86. The number of primary sulfonamides is 1. The summed E-state index contributed by atoms with van der Waals surface area (Å²) >= 11 is 3.43. The van der Waals surface area contributed by atoms with Gasteiger partial charge in [-0.25, -0.2) is 13.6 Å². The lowest BCUT2D eigenvalue weighted by atomic mass is 9.87. The van der Waals surface area contributed by atoms with Crippen LogP contribution in [0, 0.1) is 5.92 Å². The van der Waals surface area contributed by atoms with E-state index in [0.717, 1.165) is 10.0 Å². The van der Waals surface area contributed by atoms with Crippen LogP contribution in [0.2, 0.25) is 0 Å². The molecule has 2 aromatic carbocycles. The number of nitrogens with two attached hydrogens (primary N) is 1. The van der Waals surface area contributed by atoms with Crippen molar-refractivity contribution < 1.29 is 13.2 Å². The van der Waals surface area contributed by atoms with E-state index in [1.807, 2.05) is 13.0 Å². The third-order valence-corrected chi connectivity index (χ3v) is 6.83. The van der Waals surface area contributed by atoms with Crippen molar-refractivity contribution in [1.29, 1.82) is 0 Å². The second-order valence-corrected chi connectivity index (χ2v) is 10.1. The molecule has 0 saturated carbocycles. The average Bonchev–Trinajstić information content (AvgIpc) is 2.67. The van der Waals surface area contributed by atoms with Gasteiger partial charge in [0, 0.05) is 22.6 Å². The molecule has 2 atom stereocenters. The lowest BCUT2D eigenvalue weighted by molar-refractivity contribution is -0.117. The minimum absolute atomic E-state index is 0.0218. The molecule has 31 heavy (non-hydrogen) atoms. The quantitative estimate of drug-likeness (QED) is 0.462. The highest BCUT2D eigenvalue weighted by atomic mass is 79.9. The zero-order chi connectivity index (χ0) is 22.5. The summed E-state index contributed by atoms with van der Waals surface area (Å²) in [6.07, 6.45) is 0.620. The summed E-state index contributed by atoms with van der Waals surface area (Å²) < 4.78 is 24.9. The maximum absolute atomic E-state index is 12.7. The third kappa shape index (κ3) is 4.08. The van der Waals surface area contributed by atoms with Crippen molar-refractivity contribution in [1.82, 2.24) is 9.55 Å². The molecule has 0 fully saturated rings. The van der Waals surface area contributed by atoms with E-state index >= 15 is 0 Å². The fourth-order valence-electron chi connectivity index (χ4n) is 4.05. The van der Waals surface area contributed by atoms with Crippen LogP contribution in [0.3, 0.4) is 0 Å². The molecule has 1 aliphatic heterocycles. The van der Waals surface area contributed by atoms with Gasteiger partial charge in [0.05, 0.1) is 15.9 Å². The number of benzene rings is 2. The second kappa shape index (κ2) is 7.74. The van der Waals surface area contributed by atoms with Crippen LogP contribution in [-0.2, 0) is 21.2 Å². The highest BCUT2D eigenvalue weighted by molar-refractivity contribution is 9.10. The smallest absolute Gasteiger partial charge is 0.317 e. The van der Waals surface area contributed by atoms with Crippen molar-refractivity contribution in [2.45, 2.75) is 30.7 Å². The summed E-state index contributed by atoms with van der Waals surface area (Å²) in [5.41, 5.74) is 1.03. The Labute approximate surface area is 185 Å². The van der Waals surface area contributed by atoms with E-state index in [2.05, 4.69) is 26.2 Å². The molecule has 0 bridgehead atoms. The Morgan fingerprint density at radius 2 is 1.94 bits per heavy atom. The Morgan fingerprint density at radius 1 is 1.26 bits per heavy atom. The molecule has 0 radical (unpaired) electrons. The van der Waals surface area contributed by atoms with Crippen LogP contribution in [0.4, 0.5) is 5.69 Å². The van der Waals surface area contributed by atoms with E-state index in [0.29, 0.717) is 23.1 Å². The monoisotopic (exact) mass is 506 g/mol. The van der Waals surface area contributed by atoms with E-state index in [1.54, 1.807) is 6.07 Å². The van der Waals surface area contributed by atoms with Gasteiger partial charge < -0.3 is 10.3 Å². The Kier molecular flexibility index (Phi) is 5.36. The molecule has 1 amide bonds. The van der Waals surface area contributed by atoms with Crippen LogP contribution in [0.1, 0.15) is 24.9 Å².